The lowest BCUT2D eigenvalue weighted by Crippen LogP contribution is -2.25. The number of nitrogens with zero attached hydrogens (tertiary/aromatic N) is 2. The molecule has 19 heavy (non-hydrogen) atoms. The van der Waals surface area contributed by atoms with E-state index in [0.717, 1.165) is 18.5 Å². The zero-order valence-electron chi connectivity index (χ0n) is 10.8. The lowest BCUT2D eigenvalue weighted by atomic mass is 10.2. The number of nitrogens with one attached hydrogen (secondary N) is 1. The van der Waals surface area contributed by atoms with Gasteiger partial charge in [-0.1, -0.05) is 48.9 Å². The molecule has 1 N–H and O–H groups in total. The second-order valence-corrected chi connectivity index (χ2v) is 4.63. The van der Waals surface area contributed by atoms with Gasteiger partial charge in [0.05, 0.1) is 6.54 Å². The van der Waals surface area contributed by atoms with Crippen molar-refractivity contribution in [3.8, 4) is 0 Å². The van der Waals surface area contributed by atoms with Crippen LogP contribution in [-0.4, -0.2) is 16.1 Å². The monoisotopic (exact) mass is 277 g/mol. The molecule has 0 unspecified atom stereocenters. The van der Waals surface area contributed by atoms with Gasteiger partial charge in [0, 0.05) is 12.6 Å². The summed E-state index contributed by atoms with van der Waals surface area (Å²) < 4.78 is 1.59. The molecule has 1 heterocycles. The van der Waals surface area contributed by atoms with Gasteiger partial charge in [0.15, 0.2) is 0 Å². The maximum Gasteiger partial charge on any atom is 0.256 e. The second kappa shape index (κ2) is 6.38. The molecule has 2 aromatic rings. The zero-order chi connectivity index (χ0) is 13.7. The standard InChI is InChI=1S/C14H16ClN3O/c1-2-8-16-14-17-12(15)9-13(19)18(14)10-11-6-4-3-5-7-11/h3-7,9H,2,8,10H2,1H3,(H,16,17). The molecule has 0 aliphatic heterocycles. The van der Waals surface area contributed by atoms with E-state index in [2.05, 4.69) is 17.2 Å². The lowest BCUT2D eigenvalue weighted by molar-refractivity contribution is 0.737. The molecule has 2 rings (SSSR count). The van der Waals surface area contributed by atoms with Gasteiger partial charge in [-0.15, -0.1) is 0 Å². The molecular formula is C14H16ClN3O. The van der Waals surface area contributed by atoms with Gasteiger partial charge in [-0.25, -0.2) is 4.98 Å². The van der Waals surface area contributed by atoms with Crippen LogP contribution >= 0.6 is 11.6 Å². The summed E-state index contributed by atoms with van der Waals surface area (Å²) in [6.45, 7) is 3.29. The SMILES string of the molecule is CCCNc1nc(Cl)cc(=O)n1Cc1ccccc1. The fourth-order valence-electron chi connectivity index (χ4n) is 1.77. The van der Waals surface area contributed by atoms with Crippen LogP contribution in [0.1, 0.15) is 18.9 Å². The number of benzene rings is 1. The minimum atomic E-state index is -0.151. The van der Waals surface area contributed by atoms with Crippen LogP contribution in [0, 0.1) is 0 Å². The van der Waals surface area contributed by atoms with Crippen LogP contribution in [0.25, 0.3) is 0 Å². The average Bonchev–Trinajstić information content (AvgIpc) is 2.41. The largest absolute Gasteiger partial charge is 0.356 e. The third-order valence-electron chi connectivity index (χ3n) is 2.69. The van der Waals surface area contributed by atoms with Crippen molar-refractivity contribution in [2.24, 2.45) is 0 Å². The highest BCUT2D eigenvalue weighted by atomic mass is 35.5. The summed E-state index contributed by atoms with van der Waals surface area (Å²) >= 11 is 5.84. The number of hydrogen-bond acceptors (Lipinski definition) is 3. The molecule has 0 saturated heterocycles. The van der Waals surface area contributed by atoms with E-state index in [1.807, 2.05) is 30.3 Å². The first kappa shape index (κ1) is 13.6. The van der Waals surface area contributed by atoms with Crippen LogP contribution < -0.4 is 10.9 Å². The molecule has 5 heteroatoms. The molecule has 0 fully saturated rings. The summed E-state index contributed by atoms with van der Waals surface area (Å²) in [4.78, 5) is 16.2. The summed E-state index contributed by atoms with van der Waals surface area (Å²) in [5.74, 6) is 0.517. The van der Waals surface area contributed by atoms with Gasteiger partial charge in [0.1, 0.15) is 5.15 Å². The van der Waals surface area contributed by atoms with Crippen LogP contribution in [0.3, 0.4) is 0 Å². The second-order valence-electron chi connectivity index (χ2n) is 4.24. The Labute approximate surface area is 117 Å². The highest BCUT2D eigenvalue weighted by molar-refractivity contribution is 6.29. The average molecular weight is 278 g/mol. The van der Waals surface area contributed by atoms with E-state index < -0.39 is 0 Å². The number of hydrogen-bond donors (Lipinski definition) is 1. The normalized spacial score (nSPS) is 10.4. The first-order valence-corrected chi connectivity index (χ1v) is 6.63. The summed E-state index contributed by atoms with van der Waals surface area (Å²) in [5, 5.41) is 3.35. The summed E-state index contributed by atoms with van der Waals surface area (Å²) in [7, 11) is 0. The van der Waals surface area contributed by atoms with Crippen LogP contribution in [0.15, 0.2) is 41.2 Å². The molecule has 100 valence electrons. The van der Waals surface area contributed by atoms with Gasteiger partial charge >= 0.3 is 0 Å². The third kappa shape index (κ3) is 3.58. The van der Waals surface area contributed by atoms with Crippen molar-refractivity contribution < 1.29 is 0 Å². The Morgan fingerprint density at radius 2 is 2.05 bits per heavy atom. The van der Waals surface area contributed by atoms with Gasteiger partial charge in [-0.2, -0.15) is 0 Å². The van der Waals surface area contributed by atoms with Gasteiger partial charge in [0.2, 0.25) is 5.95 Å². The van der Waals surface area contributed by atoms with Crippen LogP contribution in [0.5, 0.6) is 0 Å². The molecule has 0 bridgehead atoms. The maximum atomic E-state index is 12.0. The van der Waals surface area contributed by atoms with Gasteiger partial charge in [-0.05, 0) is 12.0 Å². The predicted molar refractivity (Wildman–Crippen MR) is 77.8 cm³/mol. The third-order valence-corrected chi connectivity index (χ3v) is 2.89. The Morgan fingerprint density at radius 3 is 2.74 bits per heavy atom. The van der Waals surface area contributed by atoms with E-state index in [4.69, 9.17) is 11.6 Å². The minimum Gasteiger partial charge on any atom is -0.356 e. The van der Waals surface area contributed by atoms with Crippen molar-refractivity contribution in [2.45, 2.75) is 19.9 Å². The topological polar surface area (TPSA) is 46.9 Å². The fraction of sp³-hybridized carbons (Fsp3) is 0.286. The van der Waals surface area contributed by atoms with Gasteiger partial charge in [-0.3, -0.25) is 9.36 Å². The molecule has 4 nitrogen and oxygen atoms in total. The van der Waals surface area contributed by atoms with E-state index in [9.17, 15) is 4.79 Å². The predicted octanol–water partition coefficient (Wildman–Crippen LogP) is 2.77. The van der Waals surface area contributed by atoms with Crippen molar-refractivity contribution in [1.29, 1.82) is 0 Å². The molecule has 1 aromatic carbocycles. The van der Waals surface area contributed by atoms with E-state index in [1.165, 1.54) is 6.07 Å². The van der Waals surface area contributed by atoms with E-state index >= 15 is 0 Å². The number of aromatic nitrogens is 2. The van der Waals surface area contributed by atoms with Crippen molar-refractivity contribution in [2.75, 3.05) is 11.9 Å². The van der Waals surface area contributed by atoms with E-state index in [1.54, 1.807) is 4.57 Å². The molecule has 0 aliphatic rings. The fourth-order valence-corrected chi connectivity index (χ4v) is 1.94. The smallest absolute Gasteiger partial charge is 0.256 e. The molecule has 0 amide bonds. The quantitative estimate of drug-likeness (QED) is 0.855. The highest BCUT2D eigenvalue weighted by Gasteiger charge is 2.07. The zero-order valence-corrected chi connectivity index (χ0v) is 11.5. The molecule has 0 saturated carbocycles. The Bertz CT molecular complexity index is 595. The van der Waals surface area contributed by atoms with E-state index in [-0.39, 0.29) is 10.7 Å². The van der Waals surface area contributed by atoms with Crippen molar-refractivity contribution in [3.63, 3.8) is 0 Å². The first-order chi connectivity index (χ1) is 9.20. The van der Waals surface area contributed by atoms with Crippen molar-refractivity contribution in [3.05, 3.63) is 57.5 Å². The van der Waals surface area contributed by atoms with Crippen LogP contribution in [0.2, 0.25) is 5.15 Å². The van der Waals surface area contributed by atoms with Crippen molar-refractivity contribution >= 4 is 17.5 Å². The first-order valence-electron chi connectivity index (χ1n) is 6.26. The molecule has 0 spiro atoms. The maximum absolute atomic E-state index is 12.0. The molecule has 0 radical (unpaired) electrons. The van der Waals surface area contributed by atoms with Crippen molar-refractivity contribution in [1.82, 2.24) is 9.55 Å². The van der Waals surface area contributed by atoms with Gasteiger partial charge in [0.25, 0.3) is 5.56 Å². The molecule has 0 aliphatic carbocycles. The molecule has 0 atom stereocenters. The number of halogens is 1. The number of rotatable bonds is 5. The summed E-state index contributed by atoms with van der Waals surface area (Å²) in [6.07, 6.45) is 0.952. The van der Waals surface area contributed by atoms with Crippen LogP contribution in [-0.2, 0) is 6.54 Å². The highest BCUT2D eigenvalue weighted by Crippen LogP contribution is 2.10. The molecule has 1 aromatic heterocycles. The van der Waals surface area contributed by atoms with Gasteiger partial charge < -0.3 is 5.32 Å². The lowest BCUT2D eigenvalue weighted by Gasteiger charge is -2.13. The van der Waals surface area contributed by atoms with E-state index in [0.29, 0.717) is 12.5 Å². The Morgan fingerprint density at radius 1 is 1.32 bits per heavy atom. The summed E-state index contributed by atoms with van der Waals surface area (Å²) in [5.41, 5.74) is 0.899. The Hall–Kier alpha value is -1.81. The van der Waals surface area contributed by atoms with Crippen LogP contribution in [0.4, 0.5) is 5.95 Å². The Balaban J connectivity index is 2.35. The Kier molecular flexibility index (Phi) is 4.58. The molecular weight excluding hydrogens is 262 g/mol. The minimum absolute atomic E-state index is 0.151. The summed E-state index contributed by atoms with van der Waals surface area (Å²) in [6, 6.07) is 11.1. The number of anilines is 1.